The van der Waals surface area contributed by atoms with E-state index in [2.05, 4.69) is 15.3 Å². The molecule has 0 atom stereocenters. The molecule has 1 aliphatic rings. The number of anilines is 1. The molecule has 2 heterocycles. The minimum absolute atomic E-state index is 0.197. The number of carbonyl (C=O) groups is 1. The van der Waals surface area contributed by atoms with Gasteiger partial charge in [-0.25, -0.2) is 4.98 Å². The summed E-state index contributed by atoms with van der Waals surface area (Å²) in [5, 5.41) is 3.32. The topological polar surface area (TPSA) is 74.8 Å². The highest BCUT2D eigenvalue weighted by Crippen LogP contribution is 2.32. The third-order valence-electron chi connectivity index (χ3n) is 3.62. The molecule has 1 amide bonds. The van der Waals surface area contributed by atoms with E-state index in [-0.39, 0.29) is 11.5 Å². The third-order valence-corrected chi connectivity index (χ3v) is 3.62. The molecule has 3 aromatic rings. The van der Waals surface area contributed by atoms with E-state index in [1.54, 1.807) is 24.3 Å². The van der Waals surface area contributed by atoms with Crippen molar-refractivity contribution in [3.8, 4) is 0 Å². The second kappa shape index (κ2) is 4.66. The van der Waals surface area contributed by atoms with Gasteiger partial charge in [-0.3, -0.25) is 9.59 Å². The maximum absolute atomic E-state index is 12.1. The van der Waals surface area contributed by atoms with Gasteiger partial charge in [0.2, 0.25) is 0 Å². The van der Waals surface area contributed by atoms with Gasteiger partial charge < -0.3 is 10.3 Å². The second-order valence-electron chi connectivity index (χ2n) is 5.03. The predicted molar refractivity (Wildman–Crippen MR) is 85.3 cm³/mol. The first-order valence-corrected chi connectivity index (χ1v) is 6.84. The smallest absolute Gasteiger partial charge is 0.259 e. The van der Waals surface area contributed by atoms with Crippen molar-refractivity contribution in [1.82, 2.24) is 9.97 Å². The zero-order chi connectivity index (χ0) is 15.1. The molecule has 2 aromatic carbocycles. The van der Waals surface area contributed by atoms with Crippen molar-refractivity contribution in [2.75, 3.05) is 5.32 Å². The van der Waals surface area contributed by atoms with Crippen LogP contribution in [0.15, 0.2) is 53.3 Å². The van der Waals surface area contributed by atoms with Gasteiger partial charge in [-0.1, -0.05) is 30.3 Å². The number of hydrogen-bond donors (Lipinski definition) is 2. The van der Waals surface area contributed by atoms with Gasteiger partial charge in [0.1, 0.15) is 5.82 Å². The molecule has 22 heavy (non-hydrogen) atoms. The quantitative estimate of drug-likeness (QED) is 0.676. The van der Waals surface area contributed by atoms with Crippen molar-refractivity contribution < 1.29 is 4.79 Å². The minimum Gasteiger partial charge on any atom is -0.321 e. The van der Waals surface area contributed by atoms with E-state index >= 15 is 0 Å². The molecule has 1 aliphatic heterocycles. The van der Waals surface area contributed by atoms with Crippen LogP contribution in [0.4, 0.5) is 5.69 Å². The van der Waals surface area contributed by atoms with E-state index in [9.17, 15) is 9.59 Å². The summed E-state index contributed by atoms with van der Waals surface area (Å²) in [5.41, 5.74) is 2.45. The Balaban J connectivity index is 1.90. The Morgan fingerprint density at radius 3 is 2.64 bits per heavy atom. The molecule has 0 spiro atoms. The van der Waals surface area contributed by atoms with Crippen molar-refractivity contribution >= 4 is 34.1 Å². The third kappa shape index (κ3) is 1.91. The van der Waals surface area contributed by atoms with Crippen molar-refractivity contribution in [3.63, 3.8) is 0 Å². The van der Waals surface area contributed by atoms with Crippen LogP contribution in [0.1, 0.15) is 11.4 Å². The van der Waals surface area contributed by atoms with Crippen LogP contribution in [-0.4, -0.2) is 15.9 Å². The Labute approximate surface area is 125 Å². The number of rotatable bonds is 1. The van der Waals surface area contributed by atoms with Crippen molar-refractivity contribution in [3.05, 3.63) is 70.3 Å². The summed E-state index contributed by atoms with van der Waals surface area (Å²) >= 11 is 0. The van der Waals surface area contributed by atoms with Gasteiger partial charge in [-0.05, 0) is 24.3 Å². The van der Waals surface area contributed by atoms with Gasteiger partial charge in [-0.15, -0.1) is 0 Å². The number of hydrogen-bond acceptors (Lipinski definition) is 3. The first kappa shape index (κ1) is 12.5. The second-order valence-corrected chi connectivity index (χ2v) is 5.03. The van der Waals surface area contributed by atoms with Crippen LogP contribution in [0.5, 0.6) is 0 Å². The Morgan fingerprint density at radius 1 is 0.955 bits per heavy atom. The van der Waals surface area contributed by atoms with E-state index in [1.807, 2.05) is 30.3 Å². The fourth-order valence-electron chi connectivity index (χ4n) is 2.59. The van der Waals surface area contributed by atoms with Gasteiger partial charge in [-0.2, -0.15) is 0 Å². The first-order valence-electron chi connectivity index (χ1n) is 6.84. The number of aromatic nitrogens is 2. The van der Waals surface area contributed by atoms with Crippen LogP contribution in [-0.2, 0) is 4.79 Å². The van der Waals surface area contributed by atoms with E-state index in [4.69, 9.17) is 0 Å². The number of nitrogens with one attached hydrogen (secondary N) is 2. The summed E-state index contributed by atoms with van der Waals surface area (Å²) in [4.78, 5) is 31.3. The monoisotopic (exact) mass is 289 g/mol. The van der Waals surface area contributed by atoms with Crippen molar-refractivity contribution in [2.45, 2.75) is 0 Å². The molecule has 0 unspecified atom stereocenters. The average molecular weight is 289 g/mol. The summed E-state index contributed by atoms with van der Waals surface area (Å²) in [6, 6.07) is 14.5. The first-order chi connectivity index (χ1) is 10.7. The number of benzene rings is 2. The van der Waals surface area contributed by atoms with E-state index in [0.717, 1.165) is 11.3 Å². The summed E-state index contributed by atoms with van der Waals surface area (Å²) in [7, 11) is 0. The number of fused-ring (bicyclic) bond motifs is 2. The van der Waals surface area contributed by atoms with Crippen molar-refractivity contribution in [1.29, 1.82) is 0 Å². The number of aromatic amines is 1. The number of H-pyrrole nitrogens is 1. The van der Waals surface area contributed by atoms with Gasteiger partial charge >= 0.3 is 0 Å². The Kier molecular flexibility index (Phi) is 2.66. The molecule has 0 aliphatic carbocycles. The molecule has 106 valence electrons. The fraction of sp³-hybridized carbons (Fsp3) is 0. The van der Waals surface area contributed by atoms with Crippen LogP contribution in [0.2, 0.25) is 0 Å². The highest BCUT2D eigenvalue weighted by atomic mass is 16.2. The summed E-state index contributed by atoms with van der Waals surface area (Å²) in [6.45, 7) is 0. The fourth-order valence-corrected chi connectivity index (χ4v) is 2.59. The van der Waals surface area contributed by atoms with E-state index < -0.39 is 0 Å². The molecule has 1 aromatic heterocycles. The highest BCUT2D eigenvalue weighted by Gasteiger charge is 2.23. The number of nitrogens with zero attached hydrogens (tertiary/aromatic N) is 1. The van der Waals surface area contributed by atoms with Crippen LogP contribution in [0.25, 0.3) is 22.6 Å². The molecule has 5 heteroatoms. The predicted octanol–water partition coefficient (Wildman–Crippen LogP) is 2.42. The maximum atomic E-state index is 12.1. The number of para-hydroxylation sites is 2. The molecular formula is C17H11N3O2. The summed E-state index contributed by atoms with van der Waals surface area (Å²) in [6.07, 6.45) is 1.61. The highest BCUT2D eigenvalue weighted by molar-refractivity contribution is 6.34. The number of amides is 1. The van der Waals surface area contributed by atoms with Gasteiger partial charge in [0.15, 0.2) is 0 Å². The van der Waals surface area contributed by atoms with Gasteiger partial charge in [0.05, 0.1) is 16.5 Å². The lowest BCUT2D eigenvalue weighted by Gasteiger charge is -2.00. The molecule has 0 fully saturated rings. The Bertz CT molecular complexity index is 1000. The van der Waals surface area contributed by atoms with Gasteiger partial charge in [0, 0.05) is 11.3 Å². The molecule has 5 nitrogen and oxygen atoms in total. The molecular weight excluding hydrogens is 278 g/mol. The van der Waals surface area contributed by atoms with Crippen molar-refractivity contribution in [2.24, 2.45) is 0 Å². The standard InChI is InChI=1S/C17H11N3O2/c21-16-11-6-2-4-8-14(11)18-15(20-16)9-12-10-5-1-3-7-13(10)19-17(12)22/h1-9H,(H,19,22)(H,18,20,21). The zero-order valence-electron chi connectivity index (χ0n) is 11.5. The lowest BCUT2D eigenvalue weighted by atomic mass is 10.1. The minimum atomic E-state index is -0.218. The zero-order valence-corrected chi connectivity index (χ0v) is 11.5. The van der Waals surface area contributed by atoms with Crippen LogP contribution in [0, 0.1) is 0 Å². The van der Waals surface area contributed by atoms with E-state index in [0.29, 0.717) is 22.3 Å². The van der Waals surface area contributed by atoms with Gasteiger partial charge in [0.25, 0.3) is 11.5 Å². The lowest BCUT2D eigenvalue weighted by Crippen LogP contribution is -2.10. The molecule has 2 N–H and O–H groups in total. The molecule has 0 bridgehead atoms. The van der Waals surface area contributed by atoms with Crippen LogP contribution in [0.3, 0.4) is 0 Å². The summed E-state index contributed by atoms with van der Waals surface area (Å²) in [5.74, 6) is 0.169. The molecule has 0 saturated heterocycles. The van der Waals surface area contributed by atoms with E-state index in [1.165, 1.54) is 0 Å². The molecule has 0 saturated carbocycles. The normalized spacial score (nSPS) is 15.1. The lowest BCUT2D eigenvalue weighted by molar-refractivity contribution is -0.110. The largest absolute Gasteiger partial charge is 0.321 e. The molecule has 4 rings (SSSR count). The maximum Gasteiger partial charge on any atom is 0.259 e. The Hall–Kier alpha value is -3.21. The molecule has 0 radical (unpaired) electrons. The van der Waals surface area contributed by atoms with Crippen LogP contribution < -0.4 is 10.9 Å². The Morgan fingerprint density at radius 2 is 1.73 bits per heavy atom. The average Bonchev–Trinajstić information content (AvgIpc) is 2.84. The SMILES string of the molecule is O=C1Nc2ccccc2C1=Cc1nc2ccccc2c(=O)[nH]1. The number of carbonyl (C=O) groups excluding carboxylic acids is 1. The summed E-state index contributed by atoms with van der Waals surface area (Å²) < 4.78 is 0. The van der Waals surface area contributed by atoms with Crippen LogP contribution >= 0.6 is 0 Å².